The number of imidazole rings is 1. The van der Waals surface area contributed by atoms with Crippen molar-refractivity contribution in [1.29, 1.82) is 0 Å². The van der Waals surface area contributed by atoms with Gasteiger partial charge in [0.25, 0.3) is 0 Å². The average Bonchev–Trinajstić information content (AvgIpc) is 2.49. The van der Waals surface area contributed by atoms with E-state index in [-0.39, 0.29) is 5.78 Å². The minimum atomic E-state index is 0.172. The van der Waals surface area contributed by atoms with Gasteiger partial charge in [-0.3, -0.25) is 4.79 Å². The molecule has 72 valence electrons. The second kappa shape index (κ2) is 5.34. The zero-order chi connectivity index (χ0) is 9.68. The van der Waals surface area contributed by atoms with E-state index in [2.05, 4.69) is 17.6 Å². The van der Waals surface area contributed by atoms with Crippen molar-refractivity contribution in [3.63, 3.8) is 0 Å². The highest BCUT2D eigenvalue weighted by molar-refractivity contribution is 7.99. The molecule has 1 rings (SSSR count). The van der Waals surface area contributed by atoms with Crippen LogP contribution in [0.4, 0.5) is 0 Å². The number of carbonyl (C=O) groups is 1. The topological polar surface area (TPSA) is 34.9 Å². The summed E-state index contributed by atoms with van der Waals surface area (Å²) in [5.41, 5.74) is 0. The van der Waals surface area contributed by atoms with E-state index < -0.39 is 0 Å². The molecule has 0 N–H and O–H groups in total. The van der Waals surface area contributed by atoms with Crippen molar-refractivity contribution in [3.8, 4) is 0 Å². The first-order chi connectivity index (χ1) is 6.24. The van der Waals surface area contributed by atoms with Crippen LogP contribution in [0, 0.1) is 0 Å². The SMILES string of the molecule is CC(=O)CSc1nccn1CCS. The highest BCUT2D eigenvalue weighted by atomic mass is 32.2. The predicted octanol–water partition coefficient (Wildman–Crippen LogP) is 1.49. The van der Waals surface area contributed by atoms with E-state index in [4.69, 9.17) is 0 Å². The van der Waals surface area contributed by atoms with Crippen molar-refractivity contribution >= 4 is 30.2 Å². The van der Waals surface area contributed by atoms with Crippen molar-refractivity contribution in [2.24, 2.45) is 0 Å². The Balaban J connectivity index is 2.54. The summed E-state index contributed by atoms with van der Waals surface area (Å²) >= 11 is 5.61. The number of Topliss-reactive ketones (excluding diaryl/α,β-unsaturated/α-hetero) is 1. The van der Waals surface area contributed by atoms with Gasteiger partial charge in [-0.15, -0.1) is 0 Å². The predicted molar refractivity (Wildman–Crippen MR) is 57.5 cm³/mol. The lowest BCUT2D eigenvalue weighted by molar-refractivity contribution is -0.114. The van der Waals surface area contributed by atoms with Crippen molar-refractivity contribution in [3.05, 3.63) is 12.4 Å². The van der Waals surface area contributed by atoms with Gasteiger partial charge in [-0.25, -0.2) is 4.98 Å². The van der Waals surface area contributed by atoms with Crippen molar-refractivity contribution in [2.45, 2.75) is 18.6 Å². The fourth-order valence-corrected chi connectivity index (χ4v) is 1.88. The Kier molecular flexibility index (Phi) is 4.38. The standard InChI is InChI=1S/C8H12N2OS2/c1-7(11)6-13-8-9-2-3-10(8)4-5-12/h2-3,12H,4-6H2,1H3. The second-order valence-electron chi connectivity index (χ2n) is 2.62. The van der Waals surface area contributed by atoms with Crippen LogP contribution in [0.1, 0.15) is 6.92 Å². The van der Waals surface area contributed by atoms with Gasteiger partial charge in [0.1, 0.15) is 5.78 Å². The summed E-state index contributed by atoms with van der Waals surface area (Å²) in [7, 11) is 0. The van der Waals surface area contributed by atoms with Crippen LogP contribution in [0.5, 0.6) is 0 Å². The molecule has 1 aromatic heterocycles. The number of nitrogens with zero attached hydrogens (tertiary/aromatic N) is 2. The van der Waals surface area contributed by atoms with Gasteiger partial charge in [-0.2, -0.15) is 12.6 Å². The summed E-state index contributed by atoms with van der Waals surface area (Å²) in [6.45, 7) is 2.42. The van der Waals surface area contributed by atoms with Crippen LogP contribution >= 0.6 is 24.4 Å². The molecule has 0 amide bonds. The minimum absolute atomic E-state index is 0.172. The first-order valence-corrected chi connectivity index (χ1v) is 5.60. The third-order valence-electron chi connectivity index (χ3n) is 1.42. The number of aryl methyl sites for hydroxylation is 1. The summed E-state index contributed by atoms with van der Waals surface area (Å²) < 4.78 is 2.00. The molecule has 0 saturated heterocycles. The van der Waals surface area contributed by atoms with Gasteiger partial charge >= 0.3 is 0 Å². The zero-order valence-electron chi connectivity index (χ0n) is 7.43. The molecular weight excluding hydrogens is 204 g/mol. The second-order valence-corrected chi connectivity index (χ2v) is 4.01. The third kappa shape index (κ3) is 3.44. The molecule has 0 bridgehead atoms. The Morgan fingerprint density at radius 1 is 1.77 bits per heavy atom. The molecule has 3 nitrogen and oxygen atoms in total. The molecule has 1 aromatic rings. The van der Waals surface area contributed by atoms with Crippen LogP contribution in [-0.4, -0.2) is 26.8 Å². The normalized spacial score (nSPS) is 10.3. The van der Waals surface area contributed by atoms with Crippen molar-refractivity contribution < 1.29 is 4.79 Å². The molecule has 0 aliphatic heterocycles. The van der Waals surface area contributed by atoms with Crippen LogP contribution in [-0.2, 0) is 11.3 Å². The first kappa shape index (κ1) is 10.7. The van der Waals surface area contributed by atoms with Gasteiger partial charge in [0.2, 0.25) is 0 Å². The van der Waals surface area contributed by atoms with Gasteiger partial charge in [-0.1, -0.05) is 11.8 Å². The summed E-state index contributed by atoms with van der Waals surface area (Å²) in [5.74, 6) is 1.44. The minimum Gasteiger partial charge on any atom is -0.325 e. The fourth-order valence-electron chi connectivity index (χ4n) is 0.880. The molecule has 0 saturated carbocycles. The lowest BCUT2D eigenvalue weighted by atomic mass is 10.5. The van der Waals surface area contributed by atoms with E-state index in [1.165, 1.54) is 11.8 Å². The maximum Gasteiger partial charge on any atom is 0.168 e. The Morgan fingerprint density at radius 3 is 3.15 bits per heavy atom. The van der Waals surface area contributed by atoms with Crippen molar-refractivity contribution in [1.82, 2.24) is 9.55 Å². The third-order valence-corrected chi connectivity index (χ3v) is 2.77. The number of thiol groups is 1. The molecular formula is C8H12N2OS2. The highest BCUT2D eigenvalue weighted by Gasteiger charge is 2.03. The molecule has 0 aliphatic rings. The molecule has 0 aromatic carbocycles. The van der Waals surface area contributed by atoms with E-state index in [9.17, 15) is 4.79 Å². The number of ketones is 1. The van der Waals surface area contributed by atoms with E-state index in [1.54, 1.807) is 13.1 Å². The molecule has 0 radical (unpaired) electrons. The number of carbonyl (C=O) groups excluding carboxylic acids is 1. The molecule has 0 unspecified atom stereocenters. The fraction of sp³-hybridized carbons (Fsp3) is 0.500. The smallest absolute Gasteiger partial charge is 0.168 e. The number of aromatic nitrogens is 2. The van der Waals surface area contributed by atoms with Crippen LogP contribution in [0.3, 0.4) is 0 Å². The lowest BCUT2D eigenvalue weighted by Gasteiger charge is -2.03. The van der Waals surface area contributed by atoms with Crippen molar-refractivity contribution in [2.75, 3.05) is 11.5 Å². The van der Waals surface area contributed by atoms with E-state index in [0.29, 0.717) is 5.75 Å². The van der Waals surface area contributed by atoms with Gasteiger partial charge in [0, 0.05) is 24.7 Å². The van der Waals surface area contributed by atoms with Crippen LogP contribution < -0.4 is 0 Å². The summed E-state index contributed by atoms with van der Waals surface area (Å²) in [5, 5.41) is 0.893. The number of hydrogen-bond donors (Lipinski definition) is 1. The Labute approximate surface area is 87.3 Å². The lowest BCUT2D eigenvalue weighted by Crippen LogP contribution is -2.01. The maximum absolute atomic E-state index is 10.7. The summed E-state index contributed by atoms with van der Waals surface area (Å²) in [6, 6.07) is 0. The van der Waals surface area contributed by atoms with Crippen LogP contribution in [0.2, 0.25) is 0 Å². The largest absolute Gasteiger partial charge is 0.325 e. The summed E-state index contributed by atoms with van der Waals surface area (Å²) in [6.07, 6.45) is 3.64. The molecule has 13 heavy (non-hydrogen) atoms. The zero-order valence-corrected chi connectivity index (χ0v) is 9.15. The van der Waals surface area contributed by atoms with Gasteiger partial charge in [0.05, 0.1) is 5.75 Å². The quantitative estimate of drug-likeness (QED) is 0.598. The Morgan fingerprint density at radius 2 is 2.54 bits per heavy atom. The number of hydrogen-bond acceptors (Lipinski definition) is 4. The van der Waals surface area contributed by atoms with Crippen LogP contribution in [0.15, 0.2) is 17.6 Å². The molecule has 0 fully saturated rings. The molecule has 0 aliphatic carbocycles. The van der Waals surface area contributed by atoms with E-state index >= 15 is 0 Å². The maximum atomic E-state index is 10.7. The molecule has 0 atom stereocenters. The molecule has 5 heteroatoms. The van der Waals surface area contributed by atoms with Gasteiger partial charge in [0.15, 0.2) is 5.16 Å². The first-order valence-electron chi connectivity index (χ1n) is 3.98. The van der Waals surface area contributed by atoms with Gasteiger partial charge in [-0.05, 0) is 6.92 Å². The van der Waals surface area contributed by atoms with E-state index in [0.717, 1.165) is 17.5 Å². The number of thioether (sulfide) groups is 1. The average molecular weight is 216 g/mol. The summed E-state index contributed by atoms with van der Waals surface area (Å²) in [4.78, 5) is 14.9. The van der Waals surface area contributed by atoms with Gasteiger partial charge < -0.3 is 4.57 Å². The Hall–Kier alpha value is -0.420. The van der Waals surface area contributed by atoms with E-state index in [1.807, 2.05) is 10.8 Å². The molecule has 0 spiro atoms. The van der Waals surface area contributed by atoms with Crippen LogP contribution in [0.25, 0.3) is 0 Å². The molecule has 1 heterocycles. The monoisotopic (exact) mass is 216 g/mol. The Bertz CT molecular complexity index is 285. The highest BCUT2D eigenvalue weighted by Crippen LogP contribution is 2.15. The number of rotatable bonds is 5.